The second kappa shape index (κ2) is 5.43. The molecule has 0 aliphatic rings. The zero-order chi connectivity index (χ0) is 14.9. The number of hydrogen-bond acceptors (Lipinski definition) is 3. The van der Waals surface area contributed by atoms with Gasteiger partial charge in [-0.1, -0.05) is 0 Å². The molecule has 0 aliphatic heterocycles. The van der Waals surface area contributed by atoms with E-state index in [1.807, 2.05) is 6.92 Å². The van der Waals surface area contributed by atoms with E-state index in [1.54, 1.807) is 17.9 Å². The maximum absolute atomic E-state index is 12.9. The van der Waals surface area contributed by atoms with Crippen molar-refractivity contribution in [3.63, 3.8) is 0 Å². The minimum Gasteiger partial charge on any atom is -0.365 e. The molecule has 0 fully saturated rings. The summed E-state index contributed by atoms with van der Waals surface area (Å²) in [7, 11) is 1.78. The van der Waals surface area contributed by atoms with Crippen LogP contribution in [0.3, 0.4) is 0 Å². The number of hydrogen-bond donors (Lipinski definition) is 1. The minimum absolute atomic E-state index is 0.191. The van der Waals surface area contributed by atoms with Crippen LogP contribution < -0.4 is 5.32 Å². The number of anilines is 1. The Kier molecular flexibility index (Phi) is 4.03. The molecule has 0 aromatic carbocycles. The van der Waals surface area contributed by atoms with Gasteiger partial charge in [-0.3, -0.25) is 4.68 Å². The first-order valence-electron chi connectivity index (χ1n) is 5.73. The van der Waals surface area contributed by atoms with Crippen LogP contribution in [0.4, 0.5) is 19.0 Å². The summed E-state index contributed by atoms with van der Waals surface area (Å²) in [6.07, 6.45) is -1.51. The van der Waals surface area contributed by atoms with Crippen LogP contribution in [0.25, 0.3) is 0 Å². The molecule has 0 spiro atoms. The first kappa shape index (κ1) is 14.8. The molecule has 0 saturated heterocycles. The predicted molar refractivity (Wildman–Crippen MR) is 72.2 cm³/mol. The second-order valence-corrected chi connectivity index (χ2v) is 5.20. The second-order valence-electron chi connectivity index (χ2n) is 4.28. The van der Waals surface area contributed by atoms with E-state index in [0.717, 1.165) is 17.3 Å². The maximum Gasteiger partial charge on any atom is 0.419 e. The summed E-state index contributed by atoms with van der Waals surface area (Å²) in [5.41, 5.74) is 0.918. The van der Waals surface area contributed by atoms with Crippen molar-refractivity contribution in [1.29, 1.82) is 0 Å². The summed E-state index contributed by atoms with van der Waals surface area (Å²) in [4.78, 5) is 3.79. The van der Waals surface area contributed by atoms with Crippen molar-refractivity contribution >= 4 is 21.7 Å². The van der Waals surface area contributed by atoms with Gasteiger partial charge in [0.1, 0.15) is 5.82 Å². The highest BCUT2D eigenvalue weighted by atomic mass is 79.9. The molecule has 4 nitrogen and oxygen atoms in total. The summed E-state index contributed by atoms with van der Waals surface area (Å²) in [6, 6.07) is 1.01. The lowest BCUT2D eigenvalue weighted by Gasteiger charge is -2.13. The van der Waals surface area contributed by atoms with Gasteiger partial charge in [0.15, 0.2) is 0 Å². The molecule has 0 aliphatic carbocycles. The van der Waals surface area contributed by atoms with Crippen LogP contribution >= 0.6 is 15.9 Å². The smallest absolute Gasteiger partial charge is 0.365 e. The van der Waals surface area contributed by atoms with Crippen LogP contribution in [-0.2, 0) is 19.8 Å². The maximum atomic E-state index is 12.9. The SMILES string of the molecule is Cc1c(CNc2ncc(Br)cc2C(F)(F)F)cnn1C. The number of nitrogens with zero attached hydrogens (tertiary/aromatic N) is 3. The Bertz CT molecular complexity index is 622. The summed E-state index contributed by atoms with van der Waals surface area (Å²) in [5, 5.41) is 6.75. The van der Waals surface area contributed by atoms with Crippen LogP contribution in [0.1, 0.15) is 16.8 Å². The van der Waals surface area contributed by atoms with Gasteiger partial charge in [0.25, 0.3) is 0 Å². The van der Waals surface area contributed by atoms with Crippen LogP contribution in [0.2, 0.25) is 0 Å². The van der Waals surface area contributed by atoms with Crippen LogP contribution in [0.5, 0.6) is 0 Å². The topological polar surface area (TPSA) is 42.7 Å². The highest BCUT2D eigenvalue weighted by molar-refractivity contribution is 9.10. The standard InChI is InChI=1S/C12H12BrF3N4/c1-7-8(5-19-20(7)2)4-17-11-10(12(14,15)16)3-9(13)6-18-11/h3,5-6H,4H2,1-2H3,(H,17,18). The van der Waals surface area contributed by atoms with Gasteiger partial charge in [0, 0.05) is 35.5 Å². The summed E-state index contributed by atoms with van der Waals surface area (Å²) < 4.78 is 40.7. The van der Waals surface area contributed by atoms with E-state index in [1.165, 1.54) is 6.20 Å². The van der Waals surface area contributed by atoms with Gasteiger partial charge >= 0.3 is 6.18 Å². The number of aromatic nitrogens is 3. The van der Waals surface area contributed by atoms with Gasteiger partial charge in [-0.15, -0.1) is 0 Å². The van der Waals surface area contributed by atoms with Gasteiger partial charge in [0.05, 0.1) is 11.8 Å². The average Bonchev–Trinajstić information content (AvgIpc) is 2.67. The summed E-state index contributed by atoms with van der Waals surface area (Å²) >= 11 is 3.00. The molecule has 0 bridgehead atoms. The Morgan fingerprint density at radius 2 is 2.05 bits per heavy atom. The number of pyridine rings is 1. The number of aryl methyl sites for hydroxylation is 1. The van der Waals surface area contributed by atoms with Gasteiger partial charge in [-0.05, 0) is 28.9 Å². The van der Waals surface area contributed by atoms with Crippen molar-refractivity contribution in [1.82, 2.24) is 14.8 Å². The molecule has 0 radical (unpaired) electrons. The third-order valence-corrected chi connectivity index (χ3v) is 3.38. The number of nitrogens with one attached hydrogen (secondary N) is 1. The molecular weight excluding hydrogens is 337 g/mol. The van der Waals surface area contributed by atoms with Gasteiger partial charge < -0.3 is 5.32 Å². The van der Waals surface area contributed by atoms with E-state index >= 15 is 0 Å². The summed E-state index contributed by atoms with van der Waals surface area (Å²) in [5.74, 6) is -0.191. The van der Waals surface area contributed by atoms with E-state index in [0.29, 0.717) is 0 Å². The molecule has 0 saturated carbocycles. The van der Waals surface area contributed by atoms with Gasteiger partial charge in [0.2, 0.25) is 0 Å². The number of rotatable bonds is 3. The molecule has 1 N–H and O–H groups in total. The first-order chi connectivity index (χ1) is 9.29. The Balaban J connectivity index is 2.24. The van der Waals surface area contributed by atoms with Crippen molar-refractivity contribution in [3.05, 3.63) is 39.8 Å². The van der Waals surface area contributed by atoms with Crippen LogP contribution in [0.15, 0.2) is 22.9 Å². The van der Waals surface area contributed by atoms with Crippen LogP contribution in [0, 0.1) is 6.92 Å². The predicted octanol–water partition coefficient (Wildman–Crippen LogP) is 3.52. The van der Waals surface area contributed by atoms with E-state index in [2.05, 4.69) is 31.3 Å². The highest BCUT2D eigenvalue weighted by Crippen LogP contribution is 2.35. The van der Waals surface area contributed by atoms with E-state index in [9.17, 15) is 13.2 Å². The minimum atomic E-state index is -4.46. The third-order valence-electron chi connectivity index (χ3n) is 2.94. The Morgan fingerprint density at radius 1 is 1.35 bits per heavy atom. The van der Waals surface area contributed by atoms with E-state index in [-0.39, 0.29) is 16.8 Å². The first-order valence-corrected chi connectivity index (χ1v) is 6.52. The zero-order valence-electron chi connectivity index (χ0n) is 10.8. The van der Waals surface area contributed by atoms with Crippen molar-refractivity contribution in [3.8, 4) is 0 Å². The van der Waals surface area contributed by atoms with Gasteiger partial charge in [-0.2, -0.15) is 18.3 Å². The quantitative estimate of drug-likeness (QED) is 0.922. The monoisotopic (exact) mass is 348 g/mol. The lowest BCUT2D eigenvalue weighted by molar-refractivity contribution is -0.137. The molecule has 0 unspecified atom stereocenters. The number of halogens is 4. The molecule has 0 amide bonds. The molecule has 2 aromatic rings. The Labute approximate surface area is 122 Å². The lowest BCUT2D eigenvalue weighted by Crippen LogP contribution is -2.12. The van der Waals surface area contributed by atoms with Crippen molar-refractivity contribution in [2.75, 3.05) is 5.32 Å². The fourth-order valence-electron chi connectivity index (χ4n) is 1.69. The third kappa shape index (κ3) is 3.12. The fraction of sp³-hybridized carbons (Fsp3) is 0.333. The number of alkyl halides is 3. The average molecular weight is 349 g/mol. The normalized spacial score (nSPS) is 11.7. The van der Waals surface area contributed by atoms with Crippen molar-refractivity contribution in [2.45, 2.75) is 19.6 Å². The molecular formula is C12H12BrF3N4. The largest absolute Gasteiger partial charge is 0.419 e. The molecule has 2 heterocycles. The molecule has 8 heteroatoms. The van der Waals surface area contributed by atoms with Crippen molar-refractivity contribution in [2.24, 2.45) is 7.05 Å². The molecule has 2 aromatic heterocycles. The molecule has 2 rings (SSSR count). The summed E-state index contributed by atoms with van der Waals surface area (Å²) in [6.45, 7) is 2.08. The van der Waals surface area contributed by atoms with Crippen molar-refractivity contribution < 1.29 is 13.2 Å². The molecule has 108 valence electrons. The van der Waals surface area contributed by atoms with Gasteiger partial charge in [-0.25, -0.2) is 4.98 Å². The highest BCUT2D eigenvalue weighted by Gasteiger charge is 2.34. The fourth-order valence-corrected chi connectivity index (χ4v) is 2.02. The zero-order valence-corrected chi connectivity index (χ0v) is 12.4. The van der Waals surface area contributed by atoms with E-state index in [4.69, 9.17) is 0 Å². The van der Waals surface area contributed by atoms with E-state index < -0.39 is 11.7 Å². The van der Waals surface area contributed by atoms with Crippen LogP contribution in [-0.4, -0.2) is 14.8 Å². The Morgan fingerprint density at radius 3 is 2.60 bits per heavy atom. The molecule has 0 atom stereocenters. The lowest BCUT2D eigenvalue weighted by atomic mass is 10.2. The Hall–Kier alpha value is -1.57. The molecule has 20 heavy (non-hydrogen) atoms.